The van der Waals surface area contributed by atoms with E-state index in [1.165, 1.54) is 43.3 Å². The number of sulfonamides is 2. The number of amides is 1. The lowest BCUT2D eigenvalue weighted by Gasteiger charge is -2.28. The van der Waals surface area contributed by atoms with Gasteiger partial charge in [0.15, 0.2) is 0 Å². The first-order valence-corrected chi connectivity index (χ1v) is 15.0. The second-order valence-electron chi connectivity index (χ2n) is 7.88. The van der Waals surface area contributed by atoms with E-state index in [-0.39, 0.29) is 26.3 Å². The monoisotopic (exact) mass is 585 g/mol. The van der Waals surface area contributed by atoms with E-state index in [1.54, 1.807) is 30.3 Å². The molecule has 0 bridgehead atoms. The van der Waals surface area contributed by atoms with E-state index in [1.807, 2.05) is 6.92 Å². The molecule has 0 unspecified atom stereocenters. The first-order valence-electron chi connectivity index (χ1n) is 10.9. The van der Waals surface area contributed by atoms with Crippen molar-refractivity contribution in [3.05, 3.63) is 76.8 Å². The summed E-state index contributed by atoms with van der Waals surface area (Å²) in [5, 5.41) is 2.88. The number of carbonyl (C=O) groups is 1. The van der Waals surface area contributed by atoms with E-state index in [4.69, 9.17) is 27.9 Å². The molecule has 3 aromatic carbocycles. The molecule has 3 aromatic rings. The van der Waals surface area contributed by atoms with Gasteiger partial charge in [-0.2, -0.15) is 0 Å². The Kier molecular flexibility index (Phi) is 8.96. The standard InChI is InChI=1S/C24H25Cl2N3O6S2/c1-4-35-19-12-10-18(11-13-19)29(36(3,31)32)16(2)24(30)27-17-8-14-20(15-9-17)37(33,34)28-22-7-5-6-21(25)23(22)26/h5-16,28H,4H2,1-3H3,(H,27,30)/t16-/m1/s1. The summed E-state index contributed by atoms with van der Waals surface area (Å²) in [5.41, 5.74) is 0.688. The summed E-state index contributed by atoms with van der Waals surface area (Å²) in [6.45, 7) is 3.74. The summed E-state index contributed by atoms with van der Waals surface area (Å²) in [6.07, 6.45) is 1.01. The zero-order valence-electron chi connectivity index (χ0n) is 20.1. The Bertz CT molecular complexity index is 1480. The molecule has 0 fully saturated rings. The van der Waals surface area contributed by atoms with Gasteiger partial charge in [0.05, 0.1) is 39.2 Å². The maximum absolute atomic E-state index is 12.9. The van der Waals surface area contributed by atoms with E-state index in [2.05, 4.69) is 10.0 Å². The highest BCUT2D eigenvalue weighted by molar-refractivity contribution is 7.92. The molecule has 3 rings (SSSR count). The van der Waals surface area contributed by atoms with Gasteiger partial charge < -0.3 is 10.1 Å². The highest BCUT2D eigenvalue weighted by Gasteiger charge is 2.29. The summed E-state index contributed by atoms with van der Waals surface area (Å²) in [5.74, 6) is -0.0438. The van der Waals surface area contributed by atoms with Crippen molar-refractivity contribution in [3.8, 4) is 5.75 Å². The van der Waals surface area contributed by atoms with Crippen molar-refractivity contribution in [2.45, 2.75) is 24.8 Å². The Balaban J connectivity index is 1.76. The molecule has 0 saturated carbocycles. The van der Waals surface area contributed by atoms with Crippen LogP contribution >= 0.6 is 23.2 Å². The molecule has 9 nitrogen and oxygen atoms in total. The first-order chi connectivity index (χ1) is 17.3. The number of ether oxygens (including phenoxy) is 1. The fourth-order valence-corrected chi connectivity index (χ4v) is 6.07. The Labute approximate surface area is 226 Å². The van der Waals surface area contributed by atoms with Gasteiger partial charge in [-0.3, -0.25) is 13.8 Å². The largest absolute Gasteiger partial charge is 0.494 e. The average Bonchev–Trinajstić information content (AvgIpc) is 2.83. The second kappa shape index (κ2) is 11.6. The molecule has 13 heteroatoms. The summed E-state index contributed by atoms with van der Waals surface area (Å²) < 4.78 is 59.3. The summed E-state index contributed by atoms with van der Waals surface area (Å²) >= 11 is 12.0. The fourth-order valence-electron chi connectivity index (χ4n) is 3.42. The summed E-state index contributed by atoms with van der Waals surface area (Å²) in [6, 6.07) is 15.1. The van der Waals surface area contributed by atoms with Crippen molar-refractivity contribution < 1.29 is 26.4 Å². The van der Waals surface area contributed by atoms with Gasteiger partial charge in [-0.1, -0.05) is 29.3 Å². The van der Waals surface area contributed by atoms with Crippen LogP contribution in [0, 0.1) is 0 Å². The number of nitrogens with one attached hydrogen (secondary N) is 2. The molecule has 0 spiro atoms. The third kappa shape index (κ3) is 7.07. The van der Waals surface area contributed by atoms with Crippen LogP contribution in [0.4, 0.5) is 17.1 Å². The average molecular weight is 587 g/mol. The molecule has 2 N–H and O–H groups in total. The van der Waals surface area contributed by atoms with Crippen molar-refractivity contribution in [2.24, 2.45) is 0 Å². The predicted octanol–water partition coefficient (Wildman–Crippen LogP) is 4.99. The normalized spacial score (nSPS) is 12.5. The molecular formula is C24H25Cl2N3O6S2. The molecule has 0 heterocycles. The molecule has 1 atom stereocenters. The first kappa shape index (κ1) is 28.6. The molecule has 1 amide bonds. The van der Waals surface area contributed by atoms with Crippen LogP contribution in [0.5, 0.6) is 5.75 Å². The van der Waals surface area contributed by atoms with Gasteiger partial charge in [-0.15, -0.1) is 0 Å². The maximum Gasteiger partial charge on any atom is 0.261 e. The quantitative estimate of drug-likeness (QED) is 0.346. The van der Waals surface area contributed by atoms with Crippen molar-refractivity contribution in [1.29, 1.82) is 0 Å². The molecule has 0 aliphatic heterocycles. The van der Waals surface area contributed by atoms with Crippen LogP contribution in [0.3, 0.4) is 0 Å². The van der Waals surface area contributed by atoms with E-state index < -0.39 is 32.0 Å². The number of rotatable bonds is 10. The van der Waals surface area contributed by atoms with Crippen molar-refractivity contribution in [2.75, 3.05) is 27.2 Å². The molecule has 0 saturated heterocycles. The topological polar surface area (TPSA) is 122 Å². The third-order valence-electron chi connectivity index (χ3n) is 5.12. The van der Waals surface area contributed by atoms with Crippen LogP contribution < -0.4 is 19.1 Å². The van der Waals surface area contributed by atoms with Crippen LogP contribution in [0.15, 0.2) is 71.6 Å². The Hall–Kier alpha value is -2.99. The summed E-state index contributed by atoms with van der Waals surface area (Å²) in [4.78, 5) is 12.9. The van der Waals surface area contributed by atoms with Crippen LogP contribution in [0.2, 0.25) is 10.0 Å². The summed E-state index contributed by atoms with van der Waals surface area (Å²) in [7, 11) is -7.81. The Morgan fingerprint density at radius 3 is 2.16 bits per heavy atom. The Morgan fingerprint density at radius 1 is 0.973 bits per heavy atom. The molecular weight excluding hydrogens is 561 g/mol. The zero-order valence-corrected chi connectivity index (χ0v) is 23.2. The number of nitrogens with zero attached hydrogens (tertiary/aromatic N) is 1. The number of anilines is 3. The molecule has 0 aliphatic carbocycles. The SMILES string of the molecule is CCOc1ccc(N([C@H](C)C(=O)Nc2ccc(S(=O)(=O)Nc3cccc(Cl)c3Cl)cc2)S(C)(=O)=O)cc1. The van der Waals surface area contributed by atoms with Crippen molar-refractivity contribution in [1.82, 2.24) is 0 Å². The van der Waals surface area contributed by atoms with E-state index in [0.29, 0.717) is 18.0 Å². The van der Waals surface area contributed by atoms with Gasteiger partial charge >= 0.3 is 0 Å². The van der Waals surface area contributed by atoms with E-state index in [9.17, 15) is 21.6 Å². The lowest BCUT2D eigenvalue weighted by atomic mass is 10.2. The van der Waals surface area contributed by atoms with E-state index in [0.717, 1.165) is 10.6 Å². The molecule has 198 valence electrons. The second-order valence-corrected chi connectivity index (χ2v) is 12.2. The minimum Gasteiger partial charge on any atom is -0.494 e. The van der Waals surface area contributed by atoms with Crippen LogP contribution in [-0.2, 0) is 24.8 Å². The smallest absolute Gasteiger partial charge is 0.261 e. The van der Waals surface area contributed by atoms with Crippen molar-refractivity contribution >= 4 is 66.2 Å². The Morgan fingerprint density at radius 2 is 1.59 bits per heavy atom. The molecule has 37 heavy (non-hydrogen) atoms. The van der Waals surface area contributed by atoms with Gasteiger partial charge in [0.2, 0.25) is 15.9 Å². The predicted molar refractivity (Wildman–Crippen MR) is 147 cm³/mol. The minimum absolute atomic E-state index is 0.0635. The fraction of sp³-hybridized carbons (Fsp3) is 0.208. The number of carbonyl (C=O) groups excluding carboxylic acids is 1. The van der Waals surface area contributed by atoms with Crippen LogP contribution in [0.25, 0.3) is 0 Å². The number of halogens is 2. The third-order valence-corrected chi connectivity index (χ3v) is 8.56. The lowest BCUT2D eigenvalue weighted by Crippen LogP contribution is -2.45. The van der Waals surface area contributed by atoms with Gasteiger partial charge in [-0.25, -0.2) is 16.8 Å². The minimum atomic E-state index is -3.99. The molecule has 0 aliphatic rings. The molecule has 0 radical (unpaired) electrons. The maximum atomic E-state index is 12.9. The molecule has 0 aromatic heterocycles. The number of hydrogen-bond donors (Lipinski definition) is 2. The number of benzene rings is 3. The van der Waals surface area contributed by atoms with E-state index >= 15 is 0 Å². The highest BCUT2D eigenvalue weighted by Crippen LogP contribution is 2.31. The van der Waals surface area contributed by atoms with Crippen LogP contribution in [0.1, 0.15) is 13.8 Å². The van der Waals surface area contributed by atoms with Crippen LogP contribution in [-0.4, -0.2) is 41.6 Å². The van der Waals surface area contributed by atoms with Gasteiger partial charge in [-0.05, 0) is 74.5 Å². The van der Waals surface area contributed by atoms with Gasteiger partial charge in [0.25, 0.3) is 10.0 Å². The van der Waals surface area contributed by atoms with Gasteiger partial charge in [0.1, 0.15) is 11.8 Å². The van der Waals surface area contributed by atoms with Crippen molar-refractivity contribution in [3.63, 3.8) is 0 Å². The zero-order chi connectivity index (χ0) is 27.4. The highest BCUT2D eigenvalue weighted by atomic mass is 35.5. The lowest BCUT2D eigenvalue weighted by molar-refractivity contribution is -0.116. The number of hydrogen-bond acceptors (Lipinski definition) is 6. The van der Waals surface area contributed by atoms with Gasteiger partial charge in [0, 0.05) is 5.69 Å².